The standard InChI is InChI=1S/C12H13N5O/c13-5-6-18-11-4-2-1-3-10(11)7-14-8-12-15-9-16-17-12/h1-4,9,14H,6-8H2,(H,15,16,17). The van der Waals surface area contributed by atoms with E-state index in [0.29, 0.717) is 13.1 Å². The van der Waals surface area contributed by atoms with E-state index in [1.165, 1.54) is 6.33 Å². The molecule has 1 aromatic carbocycles. The van der Waals surface area contributed by atoms with Gasteiger partial charge in [-0.15, -0.1) is 0 Å². The van der Waals surface area contributed by atoms with Gasteiger partial charge in [-0.25, -0.2) is 4.98 Å². The molecule has 2 rings (SSSR count). The number of aromatic amines is 1. The van der Waals surface area contributed by atoms with Gasteiger partial charge in [-0.1, -0.05) is 18.2 Å². The molecule has 18 heavy (non-hydrogen) atoms. The minimum Gasteiger partial charge on any atom is -0.478 e. The Morgan fingerprint density at radius 2 is 2.22 bits per heavy atom. The van der Waals surface area contributed by atoms with Gasteiger partial charge >= 0.3 is 0 Å². The highest BCUT2D eigenvalue weighted by Crippen LogP contribution is 2.17. The molecule has 6 heteroatoms. The van der Waals surface area contributed by atoms with Crippen LogP contribution in [0.5, 0.6) is 5.75 Å². The van der Waals surface area contributed by atoms with Crippen LogP contribution >= 0.6 is 0 Å². The van der Waals surface area contributed by atoms with Crippen LogP contribution < -0.4 is 10.1 Å². The summed E-state index contributed by atoms with van der Waals surface area (Å²) in [6.07, 6.45) is 1.47. The van der Waals surface area contributed by atoms with Crippen molar-refractivity contribution in [3.63, 3.8) is 0 Å². The van der Waals surface area contributed by atoms with Crippen molar-refractivity contribution < 1.29 is 4.74 Å². The lowest BCUT2D eigenvalue weighted by atomic mass is 10.2. The van der Waals surface area contributed by atoms with E-state index in [1.54, 1.807) is 0 Å². The minimum atomic E-state index is 0.0547. The first-order valence-electron chi connectivity index (χ1n) is 5.53. The molecule has 1 heterocycles. The van der Waals surface area contributed by atoms with Crippen LogP contribution in [0.1, 0.15) is 11.4 Å². The number of benzene rings is 1. The average Bonchev–Trinajstić information content (AvgIpc) is 2.91. The Morgan fingerprint density at radius 3 is 3.00 bits per heavy atom. The largest absolute Gasteiger partial charge is 0.478 e. The van der Waals surface area contributed by atoms with E-state index in [0.717, 1.165) is 17.1 Å². The van der Waals surface area contributed by atoms with Gasteiger partial charge in [-0.05, 0) is 6.07 Å². The van der Waals surface area contributed by atoms with Crippen molar-refractivity contribution in [3.8, 4) is 11.8 Å². The summed E-state index contributed by atoms with van der Waals surface area (Å²) >= 11 is 0. The van der Waals surface area contributed by atoms with Crippen molar-refractivity contribution in [2.24, 2.45) is 0 Å². The lowest BCUT2D eigenvalue weighted by molar-refractivity contribution is 0.362. The first-order valence-corrected chi connectivity index (χ1v) is 5.53. The molecule has 0 bridgehead atoms. The summed E-state index contributed by atoms with van der Waals surface area (Å²) in [6.45, 7) is 1.30. The summed E-state index contributed by atoms with van der Waals surface area (Å²) in [5.41, 5.74) is 1.01. The number of H-pyrrole nitrogens is 1. The maximum atomic E-state index is 8.51. The monoisotopic (exact) mass is 243 g/mol. The highest BCUT2D eigenvalue weighted by molar-refractivity contribution is 5.33. The third-order valence-corrected chi connectivity index (χ3v) is 2.34. The molecule has 6 nitrogen and oxygen atoms in total. The molecular formula is C12H13N5O. The second kappa shape index (κ2) is 6.37. The van der Waals surface area contributed by atoms with Crippen LogP contribution in [-0.4, -0.2) is 21.8 Å². The molecule has 0 fully saturated rings. The van der Waals surface area contributed by atoms with Crippen LogP contribution in [0.2, 0.25) is 0 Å². The molecule has 0 saturated carbocycles. The van der Waals surface area contributed by atoms with Crippen LogP contribution in [0, 0.1) is 11.3 Å². The molecule has 0 aliphatic heterocycles. The van der Waals surface area contributed by atoms with Gasteiger partial charge in [0.25, 0.3) is 0 Å². The van der Waals surface area contributed by atoms with Crippen molar-refractivity contribution in [1.82, 2.24) is 20.5 Å². The Balaban J connectivity index is 1.90. The van der Waals surface area contributed by atoms with Crippen molar-refractivity contribution in [2.45, 2.75) is 13.1 Å². The number of rotatable bonds is 6. The molecule has 0 unspecified atom stereocenters. The number of nitriles is 1. The van der Waals surface area contributed by atoms with E-state index < -0.39 is 0 Å². The van der Waals surface area contributed by atoms with E-state index in [4.69, 9.17) is 10.00 Å². The Labute approximate surface area is 105 Å². The molecule has 0 aliphatic carbocycles. The number of nitrogens with one attached hydrogen (secondary N) is 2. The summed E-state index contributed by atoms with van der Waals surface area (Å²) < 4.78 is 5.34. The number of nitrogens with zero attached hydrogens (tertiary/aromatic N) is 3. The average molecular weight is 243 g/mol. The van der Waals surface area contributed by atoms with E-state index in [-0.39, 0.29) is 6.61 Å². The van der Waals surface area contributed by atoms with Crippen LogP contribution in [0.25, 0.3) is 0 Å². The fourth-order valence-corrected chi connectivity index (χ4v) is 1.53. The zero-order valence-electron chi connectivity index (χ0n) is 9.76. The lowest BCUT2D eigenvalue weighted by Gasteiger charge is -2.09. The molecule has 0 amide bonds. The highest BCUT2D eigenvalue weighted by atomic mass is 16.5. The van der Waals surface area contributed by atoms with E-state index in [2.05, 4.69) is 20.5 Å². The number of aromatic nitrogens is 3. The van der Waals surface area contributed by atoms with Crippen LogP contribution in [0.15, 0.2) is 30.6 Å². The smallest absolute Gasteiger partial charge is 0.174 e. The van der Waals surface area contributed by atoms with Crippen molar-refractivity contribution in [3.05, 3.63) is 42.0 Å². The number of hydrogen-bond donors (Lipinski definition) is 2. The van der Waals surface area contributed by atoms with Gasteiger partial charge in [0.15, 0.2) is 6.61 Å². The SMILES string of the molecule is N#CCOc1ccccc1CNCc1ncn[nH]1. The maximum Gasteiger partial charge on any atom is 0.174 e. The third kappa shape index (κ3) is 3.30. The molecule has 92 valence electrons. The van der Waals surface area contributed by atoms with Crippen molar-refractivity contribution >= 4 is 0 Å². The van der Waals surface area contributed by atoms with E-state index >= 15 is 0 Å². The van der Waals surface area contributed by atoms with Gasteiger partial charge in [0.2, 0.25) is 0 Å². The maximum absolute atomic E-state index is 8.51. The highest BCUT2D eigenvalue weighted by Gasteiger charge is 2.02. The Morgan fingerprint density at radius 1 is 1.33 bits per heavy atom. The molecule has 2 aromatic rings. The van der Waals surface area contributed by atoms with Crippen molar-refractivity contribution in [2.75, 3.05) is 6.61 Å². The number of para-hydroxylation sites is 1. The Hall–Kier alpha value is -2.39. The van der Waals surface area contributed by atoms with Crippen LogP contribution in [0.4, 0.5) is 0 Å². The summed E-state index contributed by atoms with van der Waals surface area (Å²) in [7, 11) is 0. The van der Waals surface area contributed by atoms with E-state index in [1.807, 2.05) is 30.3 Å². The summed E-state index contributed by atoms with van der Waals surface area (Å²) in [4.78, 5) is 4.02. The zero-order valence-corrected chi connectivity index (χ0v) is 9.76. The summed E-state index contributed by atoms with van der Waals surface area (Å²) in [5.74, 6) is 1.51. The first-order chi connectivity index (χ1) is 8.90. The minimum absolute atomic E-state index is 0.0547. The molecule has 0 aliphatic rings. The molecule has 0 radical (unpaired) electrons. The normalized spacial score (nSPS) is 9.94. The molecule has 0 atom stereocenters. The van der Waals surface area contributed by atoms with Gasteiger partial charge in [0, 0.05) is 12.1 Å². The quantitative estimate of drug-likeness (QED) is 0.790. The second-order valence-electron chi connectivity index (χ2n) is 3.59. The molecule has 0 spiro atoms. The van der Waals surface area contributed by atoms with Crippen LogP contribution in [-0.2, 0) is 13.1 Å². The third-order valence-electron chi connectivity index (χ3n) is 2.34. The van der Waals surface area contributed by atoms with Gasteiger partial charge in [-0.2, -0.15) is 10.4 Å². The number of ether oxygens (including phenoxy) is 1. The Kier molecular flexibility index (Phi) is 4.27. The fourth-order valence-electron chi connectivity index (χ4n) is 1.53. The van der Waals surface area contributed by atoms with E-state index in [9.17, 15) is 0 Å². The second-order valence-corrected chi connectivity index (χ2v) is 3.59. The van der Waals surface area contributed by atoms with Gasteiger partial charge in [0.05, 0.1) is 6.54 Å². The predicted molar refractivity (Wildman–Crippen MR) is 64.5 cm³/mol. The van der Waals surface area contributed by atoms with Gasteiger partial charge in [0.1, 0.15) is 24.0 Å². The lowest BCUT2D eigenvalue weighted by Crippen LogP contribution is -2.14. The van der Waals surface area contributed by atoms with Gasteiger partial charge in [-0.3, -0.25) is 5.10 Å². The van der Waals surface area contributed by atoms with Gasteiger partial charge < -0.3 is 10.1 Å². The fraction of sp³-hybridized carbons (Fsp3) is 0.250. The summed E-state index contributed by atoms with van der Waals surface area (Å²) in [6, 6.07) is 9.58. The zero-order chi connectivity index (χ0) is 12.6. The molecule has 1 aromatic heterocycles. The Bertz CT molecular complexity index is 518. The topological polar surface area (TPSA) is 86.6 Å². The summed E-state index contributed by atoms with van der Waals surface area (Å²) in [5, 5.41) is 18.3. The van der Waals surface area contributed by atoms with Crippen LogP contribution in [0.3, 0.4) is 0 Å². The molecule has 2 N–H and O–H groups in total. The van der Waals surface area contributed by atoms with Crippen molar-refractivity contribution in [1.29, 1.82) is 5.26 Å². The molecule has 0 saturated heterocycles. The molecular weight excluding hydrogens is 230 g/mol. The predicted octanol–water partition coefficient (Wildman–Crippen LogP) is 0.997. The first kappa shape index (κ1) is 12.1. The number of hydrogen-bond acceptors (Lipinski definition) is 5.